The third-order valence-corrected chi connectivity index (χ3v) is 3.21. The number of carbonyl (C=O) groups is 2. The monoisotopic (exact) mass is 367 g/mol. The highest BCUT2D eigenvalue weighted by atomic mass is 79.9. The highest BCUT2D eigenvalue weighted by Crippen LogP contribution is 2.24. The Labute approximate surface area is 133 Å². The summed E-state index contributed by atoms with van der Waals surface area (Å²) >= 11 is 3.10. The highest BCUT2D eigenvalue weighted by molar-refractivity contribution is 9.10. The smallest absolute Gasteiger partial charge is 0.311 e. The number of esters is 1. The van der Waals surface area contributed by atoms with Crippen LogP contribution in [0.5, 0.6) is 0 Å². The maximum atomic E-state index is 13.9. The molecule has 22 heavy (non-hydrogen) atoms. The van der Waals surface area contributed by atoms with Crippen molar-refractivity contribution in [3.05, 3.63) is 58.3 Å². The summed E-state index contributed by atoms with van der Waals surface area (Å²) in [4.78, 5) is 30.8. The van der Waals surface area contributed by atoms with Crippen molar-refractivity contribution >= 4 is 27.8 Å². The predicted molar refractivity (Wildman–Crippen MR) is 77.9 cm³/mol. The SMILES string of the molecule is NC(=O)C(OC(=O)Cc1cncnc1)c1ccc(Br)cc1F. The maximum absolute atomic E-state index is 13.9. The lowest BCUT2D eigenvalue weighted by Gasteiger charge is -2.16. The van der Waals surface area contributed by atoms with Crippen molar-refractivity contribution in [3.8, 4) is 0 Å². The Kier molecular flexibility index (Phi) is 5.16. The molecule has 0 spiro atoms. The van der Waals surface area contributed by atoms with Gasteiger partial charge in [-0.1, -0.05) is 22.0 Å². The zero-order valence-electron chi connectivity index (χ0n) is 11.2. The van der Waals surface area contributed by atoms with Gasteiger partial charge in [0, 0.05) is 22.4 Å². The first kappa shape index (κ1) is 16.0. The van der Waals surface area contributed by atoms with E-state index in [4.69, 9.17) is 10.5 Å². The van der Waals surface area contributed by atoms with Crippen molar-refractivity contribution < 1.29 is 18.7 Å². The number of nitrogens with zero attached hydrogens (tertiary/aromatic N) is 2. The van der Waals surface area contributed by atoms with Crippen LogP contribution in [0.25, 0.3) is 0 Å². The molecule has 6 nitrogen and oxygen atoms in total. The molecule has 8 heteroatoms. The minimum atomic E-state index is -1.50. The Morgan fingerprint density at radius 1 is 1.32 bits per heavy atom. The van der Waals surface area contributed by atoms with Crippen molar-refractivity contribution in [3.63, 3.8) is 0 Å². The third-order valence-electron chi connectivity index (χ3n) is 2.72. The second-order valence-electron chi connectivity index (χ2n) is 4.36. The van der Waals surface area contributed by atoms with Gasteiger partial charge >= 0.3 is 5.97 Å². The molecule has 2 rings (SSSR count). The normalized spacial score (nSPS) is 11.7. The molecule has 0 saturated carbocycles. The number of halogens is 2. The molecule has 0 bridgehead atoms. The van der Waals surface area contributed by atoms with Gasteiger partial charge in [0.15, 0.2) is 0 Å². The number of hydrogen-bond donors (Lipinski definition) is 1. The standard InChI is InChI=1S/C14H11BrFN3O3/c15-9-1-2-10(11(16)4-9)13(14(17)21)22-12(20)3-8-5-18-7-19-6-8/h1-2,4-7,13H,3H2,(H2,17,21). The van der Waals surface area contributed by atoms with E-state index in [1.165, 1.54) is 30.9 Å². The van der Waals surface area contributed by atoms with Gasteiger partial charge in [0.2, 0.25) is 6.10 Å². The molecule has 1 unspecified atom stereocenters. The summed E-state index contributed by atoms with van der Waals surface area (Å²) in [7, 11) is 0. The maximum Gasteiger partial charge on any atom is 0.311 e. The van der Waals surface area contributed by atoms with Crippen molar-refractivity contribution in [2.75, 3.05) is 0 Å². The van der Waals surface area contributed by atoms with Crippen LogP contribution >= 0.6 is 15.9 Å². The lowest BCUT2D eigenvalue weighted by atomic mass is 10.1. The Balaban J connectivity index is 2.15. The van der Waals surface area contributed by atoms with Crippen LogP contribution in [0, 0.1) is 5.82 Å². The van der Waals surface area contributed by atoms with Crippen LogP contribution in [0.1, 0.15) is 17.2 Å². The fraction of sp³-hybridized carbons (Fsp3) is 0.143. The molecular weight excluding hydrogens is 357 g/mol. The molecule has 2 aromatic rings. The number of primary amides is 1. The van der Waals surface area contributed by atoms with Crippen LogP contribution in [0.2, 0.25) is 0 Å². The average Bonchev–Trinajstić information content (AvgIpc) is 2.46. The van der Waals surface area contributed by atoms with E-state index in [0.29, 0.717) is 10.0 Å². The summed E-state index contributed by atoms with van der Waals surface area (Å²) in [5, 5.41) is 0. The highest BCUT2D eigenvalue weighted by Gasteiger charge is 2.25. The Hall–Kier alpha value is -2.35. The van der Waals surface area contributed by atoms with Gasteiger partial charge in [0.05, 0.1) is 6.42 Å². The molecule has 1 heterocycles. The van der Waals surface area contributed by atoms with Crippen molar-refractivity contribution in [1.29, 1.82) is 0 Å². The molecular formula is C14H11BrFN3O3. The predicted octanol–water partition coefficient (Wildman–Crippen LogP) is 1.69. The summed E-state index contributed by atoms with van der Waals surface area (Å²) in [5.41, 5.74) is 5.60. The van der Waals surface area contributed by atoms with Crippen molar-refractivity contribution in [2.24, 2.45) is 5.73 Å². The fourth-order valence-electron chi connectivity index (χ4n) is 1.75. The van der Waals surface area contributed by atoms with Gasteiger partial charge in [-0.05, 0) is 17.7 Å². The summed E-state index contributed by atoms with van der Waals surface area (Å²) in [6.45, 7) is 0. The topological polar surface area (TPSA) is 95.2 Å². The van der Waals surface area contributed by atoms with E-state index in [1.807, 2.05) is 0 Å². The van der Waals surface area contributed by atoms with E-state index >= 15 is 0 Å². The number of amides is 1. The molecule has 1 amide bonds. The van der Waals surface area contributed by atoms with Crippen LogP contribution in [0.15, 0.2) is 41.4 Å². The van der Waals surface area contributed by atoms with Gasteiger partial charge in [-0.2, -0.15) is 0 Å². The van der Waals surface area contributed by atoms with E-state index in [9.17, 15) is 14.0 Å². The van der Waals surface area contributed by atoms with Gasteiger partial charge in [-0.3, -0.25) is 9.59 Å². The quantitative estimate of drug-likeness (QED) is 0.811. The Morgan fingerprint density at radius 3 is 2.59 bits per heavy atom. The number of rotatable bonds is 5. The van der Waals surface area contributed by atoms with Gasteiger partial charge in [0.1, 0.15) is 12.1 Å². The fourth-order valence-corrected chi connectivity index (χ4v) is 2.08. The minimum Gasteiger partial charge on any atom is -0.447 e. The zero-order valence-corrected chi connectivity index (χ0v) is 12.8. The second-order valence-corrected chi connectivity index (χ2v) is 5.28. The van der Waals surface area contributed by atoms with Gasteiger partial charge in [-0.25, -0.2) is 14.4 Å². The van der Waals surface area contributed by atoms with Crippen LogP contribution in [0.3, 0.4) is 0 Å². The van der Waals surface area contributed by atoms with Gasteiger partial charge in [0.25, 0.3) is 5.91 Å². The molecule has 0 radical (unpaired) electrons. The molecule has 2 N–H and O–H groups in total. The molecule has 1 atom stereocenters. The molecule has 0 aliphatic heterocycles. The lowest BCUT2D eigenvalue weighted by molar-refractivity contribution is -0.154. The largest absolute Gasteiger partial charge is 0.447 e. The molecule has 114 valence electrons. The number of hydrogen-bond acceptors (Lipinski definition) is 5. The molecule has 0 aliphatic carbocycles. The lowest BCUT2D eigenvalue weighted by Crippen LogP contribution is -2.27. The first-order valence-corrected chi connectivity index (χ1v) is 6.94. The number of ether oxygens (including phenoxy) is 1. The summed E-state index contributed by atoms with van der Waals surface area (Å²) < 4.78 is 19.4. The molecule has 1 aromatic heterocycles. The Morgan fingerprint density at radius 2 is 2.00 bits per heavy atom. The van der Waals surface area contributed by atoms with Crippen LogP contribution in [0.4, 0.5) is 4.39 Å². The zero-order chi connectivity index (χ0) is 16.1. The molecule has 1 aromatic carbocycles. The van der Waals surface area contributed by atoms with Crippen molar-refractivity contribution in [1.82, 2.24) is 9.97 Å². The number of nitrogens with two attached hydrogens (primary N) is 1. The molecule has 0 saturated heterocycles. The Bertz CT molecular complexity index is 697. The van der Waals surface area contributed by atoms with E-state index in [2.05, 4.69) is 25.9 Å². The summed E-state index contributed by atoms with van der Waals surface area (Å²) in [6.07, 6.45) is 2.55. The first-order chi connectivity index (χ1) is 10.5. The van der Waals surface area contributed by atoms with Crippen LogP contribution in [-0.2, 0) is 20.7 Å². The van der Waals surface area contributed by atoms with E-state index in [1.54, 1.807) is 0 Å². The number of benzene rings is 1. The third kappa shape index (κ3) is 4.08. The average molecular weight is 368 g/mol. The van der Waals surface area contributed by atoms with Crippen molar-refractivity contribution in [2.45, 2.75) is 12.5 Å². The first-order valence-electron chi connectivity index (χ1n) is 6.15. The summed E-state index contributed by atoms with van der Waals surface area (Å²) in [6, 6.07) is 4.01. The molecule has 0 aliphatic rings. The van der Waals surface area contributed by atoms with Gasteiger partial charge in [-0.15, -0.1) is 0 Å². The second kappa shape index (κ2) is 7.08. The number of carbonyl (C=O) groups excluding carboxylic acids is 2. The minimum absolute atomic E-state index is 0.103. The number of aromatic nitrogens is 2. The molecule has 0 fully saturated rings. The van der Waals surface area contributed by atoms with E-state index in [0.717, 1.165) is 6.07 Å². The summed E-state index contributed by atoms with van der Waals surface area (Å²) in [5.74, 6) is -2.39. The van der Waals surface area contributed by atoms with E-state index in [-0.39, 0.29) is 12.0 Å². The van der Waals surface area contributed by atoms with E-state index < -0.39 is 23.8 Å². The van der Waals surface area contributed by atoms with Crippen LogP contribution < -0.4 is 5.73 Å². The van der Waals surface area contributed by atoms with Gasteiger partial charge < -0.3 is 10.5 Å². The van der Waals surface area contributed by atoms with Crippen LogP contribution in [-0.4, -0.2) is 21.8 Å².